The fraction of sp³-hybridized carbons (Fsp3) is 0.0556. The molecule has 0 atom stereocenters. The van der Waals surface area contributed by atoms with Gasteiger partial charge in [0.1, 0.15) is 0 Å². The van der Waals surface area contributed by atoms with Crippen molar-refractivity contribution in [2.75, 3.05) is 0 Å². The molecule has 0 radical (unpaired) electrons. The van der Waals surface area contributed by atoms with Crippen molar-refractivity contribution in [3.63, 3.8) is 0 Å². The number of hydrogen-bond donors (Lipinski definition) is 4. The summed E-state index contributed by atoms with van der Waals surface area (Å²) in [7, 11) is 0. The van der Waals surface area contributed by atoms with Gasteiger partial charge in [-0.05, 0) is 166 Å². The Morgan fingerprint density at radius 2 is 0.511 bits per heavy atom. The van der Waals surface area contributed by atoms with Crippen LogP contribution < -0.4 is 0 Å². The molecule has 18 heteroatoms. The van der Waals surface area contributed by atoms with Crippen molar-refractivity contribution < 1.29 is 35.1 Å². The van der Waals surface area contributed by atoms with Crippen LogP contribution in [0.2, 0.25) is 0 Å². The Hall–Kier alpha value is -10.8. The second kappa shape index (κ2) is 22.1. The fourth-order valence-electron chi connectivity index (χ4n) is 11.4. The first-order valence-electron chi connectivity index (χ1n) is 27.9. The summed E-state index contributed by atoms with van der Waals surface area (Å²) < 4.78 is 125. The smallest absolute Gasteiger partial charge is 0.354 e. The normalized spacial score (nSPS) is 12.9. The largest absolute Gasteiger partial charge is 0.388 e. The van der Waals surface area contributed by atoms with E-state index in [0.717, 1.165) is 0 Å². The molecule has 4 aliphatic rings. The highest BCUT2D eigenvalue weighted by atomic mass is 35.5. The zero-order valence-electron chi connectivity index (χ0n) is 46.4. The molecule has 4 N–H and O–H groups in total. The summed E-state index contributed by atoms with van der Waals surface area (Å²) >= 11 is 10.5. The second-order valence-corrected chi connectivity index (χ2v) is 22.1. The Bertz CT molecular complexity index is 4820. The van der Waals surface area contributed by atoms with Crippen molar-refractivity contribution in [1.29, 1.82) is 0 Å². The third-order valence-corrected chi connectivity index (χ3v) is 16.0. The zero-order chi connectivity index (χ0) is 62.1. The van der Waals surface area contributed by atoms with Gasteiger partial charge in [-0.15, -0.1) is 0 Å². The Morgan fingerprint density at radius 1 is 0.278 bits per heavy atom. The lowest BCUT2D eigenvalue weighted by Crippen LogP contribution is -2.33. The van der Waals surface area contributed by atoms with E-state index in [9.17, 15) is 0 Å². The first-order chi connectivity index (χ1) is 43.4. The molecule has 6 aromatic heterocycles. The van der Waals surface area contributed by atoms with Gasteiger partial charge in [-0.25, -0.2) is 19.9 Å². The maximum absolute atomic E-state index is 16.3. The quantitative estimate of drug-likeness (QED) is 0.0689. The number of rotatable bonds is 8. The highest BCUT2D eigenvalue weighted by Crippen LogP contribution is 2.51. The molecule has 16 bridgehead atoms. The zero-order valence-corrected chi connectivity index (χ0v) is 47.9. The van der Waals surface area contributed by atoms with Crippen molar-refractivity contribution >= 4 is 116 Å². The van der Waals surface area contributed by atoms with E-state index in [2.05, 4.69) is 53.6 Å². The standard InChI is InChI=1S/C72H40Cl2F8N8/c73-71(79,80)69(75,76)67-59-37-33-55(87-59)63(41-15-5-1-6-16-41)51-29-25-47(83-51)45(48-26-30-52(84-48)64(42-17-7-2-8-18-42)56-34-38-60(67)88-56)23-13-14-24-46-49-27-31-53(85-49)65(43-19-9-3-10-20-43)57-35-39-61(89-57)68(70(77,78)72(74,81)82)62-40-36-58(90-62)66(44-21-11-4-12-22-44)54-32-28-50(46)86-54/h1-12,15-22,25-40,83,85,88,90H. The molecule has 0 fully saturated rings. The lowest BCUT2D eigenvalue weighted by molar-refractivity contribution is -0.163. The summed E-state index contributed by atoms with van der Waals surface area (Å²) in [5, 5.41) is -10.0. The molecule has 14 rings (SSSR count). The lowest BCUT2D eigenvalue weighted by atomic mass is 10.0. The fourth-order valence-corrected chi connectivity index (χ4v) is 11.6. The van der Waals surface area contributed by atoms with E-state index >= 15 is 35.1 Å². The Balaban J connectivity index is 1.04. The van der Waals surface area contributed by atoms with Crippen LogP contribution in [0.1, 0.15) is 67.8 Å². The number of nitrogens with zero attached hydrogens (tertiary/aromatic N) is 4. The van der Waals surface area contributed by atoms with E-state index in [0.29, 0.717) is 100 Å². The van der Waals surface area contributed by atoms with Crippen LogP contribution in [0, 0.1) is 23.7 Å². The minimum Gasteiger partial charge on any atom is -0.354 e. The highest BCUT2D eigenvalue weighted by Gasteiger charge is 2.59. The molecule has 0 spiro atoms. The molecule has 8 nitrogen and oxygen atoms in total. The molecule has 0 saturated heterocycles. The minimum atomic E-state index is -5.02. The summed E-state index contributed by atoms with van der Waals surface area (Å²) in [6.45, 7) is 0. The van der Waals surface area contributed by atoms with Gasteiger partial charge in [-0.3, -0.25) is 0 Å². The molecule has 90 heavy (non-hydrogen) atoms. The molecule has 0 aliphatic carbocycles. The van der Waals surface area contributed by atoms with Crippen molar-refractivity contribution in [2.24, 2.45) is 0 Å². The number of H-pyrrole nitrogens is 4. The number of halogens is 10. The van der Waals surface area contributed by atoms with Gasteiger partial charge in [0, 0.05) is 44.3 Å². The number of nitrogens with one attached hydrogen (secondary N) is 4. The summed E-state index contributed by atoms with van der Waals surface area (Å²) in [4.78, 5) is 32.5. The summed E-state index contributed by atoms with van der Waals surface area (Å²) in [6, 6.07) is 48.7. The number of alkyl halides is 10. The monoisotopic (exact) mass is 1240 g/mol. The van der Waals surface area contributed by atoms with Crippen LogP contribution in [-0.2, 0) is 11.8 Å². The predicted octanol–water partition coefficient (Wildman–Crippen LogP) is 19.5. The van der Waals surface area contributed by atoms with Crippen molar-refractivity contribution in [2.45, 2.75) is 22.6 Å². The lowest BCUT2D eigenvalue weighted by Gasteiger charge is -2.22. The highest BCUT2D eigenvalue weighted by molar-refractivity contribution is 6.23. The van der Waals surface area contributed by atoms with Crippen LogP contribution in [0.15, 0.2) is 170 Å². The molecule has 4 aromatic carbocycles. The van der Waals surface area contributed by atoms with Crippen LogP contribution in [0.4, 0.5) is 35.1 Å². The van der Waals surface area contributed by atoms with E-state index in [4.69, 9.17) is 33.2 Å². The van der Waals surface area contributed by atoms with Gasteiger partial charge in [-0.1, -0.05) is 121 Å². The number of benzene rings is 4. The van der Waals surface area contributed by atoms with E-state index in [1.807, 2.05) is 24.3 Å². The third-order valence-electron chi connectivity index (χ3n) is 15.5. The molecule has 10 aromatic rings. The molecule has 438 valence electrons. The van der Waals surface area contributed by atoms with E-state index in [1.165, 1.54) is 48.6 Å². The Morgan fingerprint density at radius 3 is 0.800 bits per heavy atom. The molecule has 4 aliphatic heterocycles. The molecular weight excluding hydrogens is 1200 g/mol. The van der Waals surface area contributed by atoms with Crippen LogP contribution >= 0.6 is 23.2 Å². The van der Waals surface area contributed by atoms with Gasteiger partial charge in [0.25, 0.3) is 0 Å². The van der Waals surface area contributed by atoms with Gasteiger partial charge in [0.05, 0.1) is 89.9 Å². The summed E-state index contributed by atoms with van der Waals surface area (Å²) in [5.74, 6) is 2.92. The third kappa shape index (κ3) is 10.2. The van der Waals surface area contributed by atoms with Crippen LogP contribution in [0.3, 0.4) is 0 Å². The topological polar surface area (TPSA) is 115 Å². The predicted molar refractivity (Wildman–Crippen MR) is 343 cm³/mol. The van der Waals surface area contributed by atoms with Crippen LogP contribution in [0.5, 0.6) is 0 Å². The van der Waals surface area contributed by atoms with Crippen LogP contribution in [-0.4, -0.2) is 50.6 Å². The minimum absolute atomic E-state index is 0.184. The number of hydrogen-bond acceptors (Lipinski definition) is 4. The summed E-state index contributed by atoms with van der Waals surface area (Å²) in [6.07, 6.45) is 12.5. The SMILES string of the molecule is FC(F)(Cl)C(F)(F)c1c2nc(c(-c3ccccc3)c3ccc([nH]3)c(C#CC#Cc3c4nc(c(-c5ccccc5)c5ccc([nH]5)c(C(F)(F)C(F)(F)Cl)c5nc(c(-c6ccccc6)c6ccc3[nH]6)C=C5)C=C4)c3nc(c(-c4ccccc4)c4ccc1[nH]4)C=C3)C=C2. The number of aromatic nitrogens is 8. The van der Waals surface area contributed by atoms with Crippen molar-refractivity contribution in [1.82, 2.24) is 39.9 Å². The number of aromatic amines is 4. The first-order valence-corrected chi connectivity index (χ1v) is 28.6. The van der Waals surface area contributed by atoms with E-state index in [-0.39, 0.29) is 33.5 Å². The van der Waals surface area contributed by atoms with E-state index in [1.54, 1.807) is 146 Å². The molecular formula is C72H40Cl2F8N8. The number of fused-ring (bicyclic) bond motifs is 16. The first kappa shape index (κ1) is 57.0. The van der Waals surface area contributed by atoms with Gasteiger partial charge in [0.15, 0.2) is 0 Å². The molecule has 0 amide bonds. The Kier molecular flexibility index (Phi) is 14.0. The van der Waals surface area contributed by atoms with E-state index < -0.39 is 45.1 Å². The summed E-state index contributed by atoms with van der Waals surface area (Å²) in [5.41, 5.74) is 5.61. The van der Waals surface area contributed by atoms with Gasteiger partial charge in [0.2, 0.25) is 0 Å². The maximum atomic E-state index is 16.3. The van der Waals surface area contributed by atoms with Crippen molar-refractivity contribution in [3.8, 4) is 68.2 Å². The Labute approximate surface area is 516 Å². The average molecular weight is 1240 g/mol. The van der Waals surface area contributed by atoms with Gasteiger partial charge >= 0.3 is 22.6 Å². The second-order valence-electron chi connectivity index (χ2n) is 21.1. The van der Waals surface area contributed by atoms with Crippen molar-refractivity contribution in [3.05, 3.63) is 238 Å². The average Bonchev–Trinajstić information content (AvgIpc) is 1.60. The van der Waals surface area contributed by atoms with Crippen LogP contribution in [0.25, 0.3) is 137 Å². The molecule has 0 unspecified atom stereocenters. The molecule has 0 saturated carbocycles. The maximum Gasteiger partial charge on any atom is 0.388 e. The molecule has 10 heterocycles. The van der Waals surface area contributed by atoms with Gasteiger partial charge < -0.3 is 19.9 Å². The van der Waals surface area contributed by atoms with Gasteiger partial charge in [-0.2, -0.15) is 35.1 Å².